The van der Waals surface area contributed by atoms with Crippen molar-refractivity contribution in [3.05, 3.63) is 84.4 Å². The van der Waals surface area contributed by atoms with Crippen LogP contribution in [0.15, 0.2) is 78.9 Å². The monoisotopic (exact) mass is 347 g/mol. The van der Waals surface area contributed by atoms with E-state index in [1.54, 1.807) is 13.0 Å². The third-order valence-electron chi connectivity index (χ3n) is 3.88. The zero-order chi connectivity index (χ0) is 18.4. The lowest BCUT2D eigenvalue weighted by atomic mass is 10.2. The van der Waals surface area contributed by atoms with Crippen molar-refractivity contribution in [3.8, 4) is 17.2 Å². The second kappa shape index (κ2) is 8.21. The minimum absolute atomic E-state index is 0.239. The van der Waals surface area contributed by atoms with Crippen molar-refractivity contribution < 1.29 is 14.3 Å². The predicted octanol–water partition coefficient (Wildman–Crippen LogP) is 5.19. The summed E-state index contributed by atoms with van der Waals surface area (Å²) in [6.45, 7) is 3.67. The average molecular weight is 347 g/mol. The number of benzene rings is 3. The summed E-state index contributed by atoms with van der Waals surface area (Å²) >= 11 is 0. The van der Waals surface area contributed by atoms with Crippen molar-refractivity contribution >= 4 is 11.6 Å². The van der Waals surface area contributed by atoms with Gasteiger partial charge in [-0.2, -0.15) is 0 Å². The molecule has 4 heteroatoms. The van der Waals surface area contributed by atoms with E-state index in [4.69, 9.17) is 9.47 Å². The average Bonchev–Trinajstić information content (AvgIpc) is 2.66. The van der Waals surface area contributed by atoms with E-state index in [-0.39, 0.29) is 5.91 Å². The van der Waals surface area contributed by atoms with Crippen molar-refractivity contribution in [1.29, 1.82) is 0 Å². The summed E-state index contributed by atoms with van der Waals surface area (Å²) in [5, 5.41) is 2.88. The van der Waals surface area contributed by atoms with E-state index in [2.05, 4.69) is 5.32 Å². The van der Waals surface area contributed by atoms with Crippen LogP contribution in [0.3, 0.4) is 0 Å². The molecule has 0 heterocycles. The van der Waals surface area contributed by atoms with Crippen LogP contribution in [0.5, 0.6) is 17.2 Å². The highest BCUT2D eigenvalue weighted by atomic mass is 16.5. The number of amides is 1. The van der Waals surface area contributed by atoms with E-state index in [1.165, 1.54) is 0 Å². The van der Waals surface area contributed by atoms with Gasteiger partial charge in [-0.3, -0.25) is 4.79 Å². The number of para-hydroxylation sites is 4. The maximum Gasteiger partial charge on any atom is 0.265 e. The molecule has 0 saturated carbocycles. The van der Waals surface area contributed by atoms with Gasteiger partial charge in [0, 0.05) is 0 Å². The lowest BCUT2D eigenvalue weighted by Gasteiger charge is -2.17. The minimum Gasteiger partial charge on any atom is -0.481 e. The van der Waals surface area contributed by atoms with Gasteiger partial charge in [0.15, 0.2) is 11.9 Å². The molecule has 0 bridgehead atoms. The fraction of sp³-hybridized carbons (Fsp3) is 0.136. The molecule has 3 aromatic carbocycles. The van der Waals surface area contributed by atoms with Gasteiger partial charge < -0.3 is 14.8 Å². The van der Waals surface area contributed by atoms with E-state index < -0.39 is 6.10 Å². The summed E-state index contributed by atoms with van der Waals surface area (Å²) in [5.74, 6) is 1.75. The topological polar surface area (TPSA) is 47.6 Å². The molecule has 0 spiro atoms. The van der Waals surface area contributed by atoms with E-state index in [0.29, 0.717) is 22.9 Å². The fourth-order valence-electron chi connectivity index (χ4n) is 2.44. The molecule has 0 aromatic heterocycles. The highest BCUT2D eigenvalue weighted by Gasteiger charge is 2.17. The first-order valence-corrected chi connectivity index (χ1v) is 8.48. The second-order valence-electron chi connectivity index (χ2n) is 5.93. The van der Waals surface area contributed by atoms with Gasteiger partial charge in [-0.15, -0.1) is 0 Å². The maximum absolute atomic E-state index is 12.5. The summed E-state index contributed by atoms with van der Waals surface area (Å²) in [6, 6.07) is 24.4. The van der Waals surface area contributed by atoms with Crippen LogP contribution in [0, 0.1) is 6.92 Å². The first-order valence-electron chi connectivity index (χ1n) is 8.48. The Balaban J connectivity index is 1.70. The molecule has 0 aliphatic rings. The van der Waals surface area contributed by atoms with Crippen LogP contribution in [-0.4, -0.2) is 12.0 Å². The molecule has 0 fully saturated rings. The highest BCUT2D eigenvalue weighted by Crippen LogP contribution is 2.29. The third-order valence-corrected chi connectivity index (χ3v) is 3.88. The zero-order valence-corrected chi connectivity index (χ0v) is 14.8. The van der Waals surface area contributed by atoms with E-state index >= 15 is 0 Å². The Morgan fingerprint density at radius 3 is 2.19 bits per heavy atom. The quantitative estimate of drug-likeness (QED) is 0.667. The molecule has 0 radical (unpaired) electrons. The van der Waals surface area contributed by atoms with Gasteiger partial charge in [0.05, 0.1) is 5.69 Å². The van der Waals surface area contributed by atoms with Crippen molar-refractivity contribution in [2.24, 2.45) is 0 Å². The largest absolute Gasteiger partial charge is 0.481 e. The Morgan fingerprint density at radius 1 is 0.846 bits per heavy atom. The molecule has 3 rings (SSSR count). The Labute approximate surface area is 153 Å². The number of carbonyl (C=O) groups excluding carboxylic acids is 1. The molecule has 1 atom stereocenters. The standard InChI is InChI=1S/C22H21NO3/c1-16-10-6-8-14-20(16)25-17(2)22(24)23-19-13-7-9-15-21(19)26-18-11-4-3-5-12-18/h3-15,17H,1-2H3,(H,23,24)/t17-/m1/s1. The number of rotatable bonds is 6. The van der Waals surface area contributed by atoms with Crippen molar-refractivity contribution in [2.75, 3.05) is 5.32 Å². The molecule has 4 nitrogen and oxygen atoms in total. The van der Waals surface area contributed by atoms with Crippen LogP contribution in [0.2, 0.25) is 0 Å². The molecule has 0 aliphatic carbocycles. The second-order valence-corrected chi connectivity index (χ2v) is 5.93. The predicted molar refractivity (Wildman–Crippen MR) is 103 cm³/mol. The van der Waals surface area contributed by atoms with Crippen molar-refractivity contribution in [1.82, 2.24) is 0 Å². The molecular weight excluding hydrogens is 326 g/mol. The van der Waals surface area contributed by atoms with Crippen LogP contribution in [0.25, 0.3) is 0 Å². The number of ether oxygens (including phenoxy) is 2. The number of aryl methyl sites for hydroxylation is 1. The van der Waals surface area contributed by atoms with Gasteiger partial charge in [-0.05, 0) is 49.7 Å². The number of nitrogens with one attached hydrogen (secondary N) is 1. The van der Waals surface area contributed by atoms with E-state index in [0.717, 1.165) is 5.56 Å². The van der Waals surface area contributed by atoms with Crippen LogP contribution in [0.1, 0.15) is 12.5 Å². The summed E-state index contributed by atoms with van der Waals surface area (Å²) in [5.41, 5.74) is 1.58. The number of hydrogen-bond donors (Lipinski definition) is 1. The Bertz CT molecular complexity index is 877. The molecule has 3 aromatic rings. The van der Waals surface area contributed by atoms with Crippen molar-refractivity contribution in [3.63, 3.8) is 0 Å². The number of anilines is 1. The van der Waals surface area contributed by atoms with E-state index in [1.807, 2.05) is 79.7 Å². The first-order chi connectivity index (χ1) is 12.6. The van der Waals surface area contributed by atoms with Gasteiger partial charge >= 0.3 is 0 Å². The molecule has 0 saturated heterocycles. The van der Waals surface area contributed by atoms with Gasteiger partial charge in [-0.1, -0.05) is 48.5 Å². The van der Waals surface area contributed by atoms with E-state index in [9.17, 15) is 4.79 Å². The molecule has 1 N–H and O–H groups in total. The Hall–Kier alpha value is -3.27. The number of hydrogen-bond acceptors (Lipinski definition) is 3. The van der Waals surface area contributed by atoms with Crippen LogP contribution in [-0.2, 0) is 4.79 Å². The van der Waals surface area contributed by atoms with Gasteiger partial charge in [0.1, 0.15) is 11.5 Å². The van der Waals surface area contributed by atoms with Crippen molar-refractivity contribution in [2.45, 2.75) is 20.0 Å². The highest BCUT2D eigenvalue weighted by molar-refractivity contribution is 5.95. The zero-order valence-electron chi connectivity index (χ0n) is 14.8. The van der Waals surface area contributed by atoms with Gasteiger partial charge in [0.25, 0.3) is 5.91 Å². The molecule has 0 aliphatic heterocycles. The molecule has 132 valence electrons. The normalized spacial score (nSPS) is 11.5. The lowest BCUT2D eigenvalue weighted by Crippen LogP contribution is -2.30. The van der Waals surface area contributed by atoms with Gasteiger partial charge in [0.2, 0.25) is 0 Å². The van der Waals surface area contributed by atoms with Crippen LogP contribution >= 0.6 is 0 Å². The summed E-state index contributed by atoms with van der Waals surface area (Å²) in [7, 11) is 0. The SMILES string of the molecule is Cc1ccccc1O[C@H](C)C(=O)Nc1ccccc1Oc1ccccc1. The summed E-state index contributed by atoms with van der Waals surface area (Å²) < 4.78 is 11.7. The van der Waals surface area contributed by atoms with Crippen LogP contribution < -0.4 is 14.8 Å². The smallest absolute Gasteiger partial charge is 0.265 e. The first kappa shape index (κ1) is 17.5. The molecular formula is C22H21NO3. The summed E-state index contributed by atoms with van der Waals surface area (Å²) in [4.78, 5) is 12.5. The molecule has 1 amide bonds. The number of carbonyl (C=O) groups is 1. The van der Waals surface area contributed by atoms with Gasteiger partial charge in [-0.25, -0.2) is 0 Å². The minimum atomic E-state index is -0.638. The lowest BCUT2D eigenvalue weighted by molar-refractivity contribution is -0.122. The Kier molecular flexibility index (Phi) is 5.54. The molecule has 26 heavy (non-hydrogen) atoms. The fourth-order valence-corrected chi connectivity index (χ4v) is 2.44. The Morgan fingerprint density at radius 2 is 1.46 bits per heavy atom. The summed E-state index contributed by atoms with van der Waals surface area (Å²) in [6.07, 6.45) is -0.638. The van der Waals surface area contributed by atoms with Crippen LogP contribution in [0.4, 0.5) is 5.69 Å². The molecule has 0 unspecified atom stereocenters. The maximum atomic E-state index is 12.5. The third kappa shape index (κ3) is 4.42.